The maximum Gasteiger partial charge on any atom is 0.268 e. The van der Waals surface area contributed by atoms with E-state index in [1.807, 2.05) is 49.9 Å². The number of carbonyl (C=O) groups excluding carboxylic acids is 1. The molecule has 1 aliphatic heterocycles. The summed E-state index contributed by atoms with van der Waals surface area (Å²) in [6.07, 6.45) is 3.60. The van der Waals surface area contributed by atoms with Gasteiger partial charge in [-0.05, 0) is 39.2 Å². The largest absolute Gasteiger partial charge is 0.353 e. The summed E-state index contributed by atoms with van der Waals surface area (Å²) < 4.78 is 1.84. The van der Waals surface area contributed by atoms with Crippen molar-refractivity contribution in [3.05, 3.63) is 47.7 Å². The number of fused-ring (bicyclic) bond motifs is 1. The van der Waals surface area contributed by atoms with E-state index in [1.54, 1.807) is 6.20 Å². The molecule has 26 heavy (non-hydrogen) atoms. The summed E-state index contributed by atoms with van der Waals surface area (Å²) in [5, 5.41) is 7.49. The van der Waals surface area contributed by atoms with E-state index in [0.29, 0.717) is 5.69 Å². The van der Waals surface area contributed by atoms with Crippen molar-refractivity contribution in [2.24, 2.45) is 0 Å². The third kappa shape index (κ3) is 3.15. The highest BCUT2D eigenvalue weighted by molar-refractivity contribution is 5.93. The molecule has 1 saturated heterocycles. The van der Waals surface area contributed by atoms with Gasteiger partial charge in [0.15, 0.2) is 5.82 Å². The van der Waals surface area contributed by atoms with Crippen molar-refractivity contribution in [1.82, 2.24) is 29.8 Å². The summed E-state index contributed by atoms with van der Waals surface area (Å²) >= 11 is 0. The standard InChI is InChI=1S/C18H23N7O/c1-12-8-16-17(19-6-7-25(16)22-12)24-10-14(11-24)21-18(26)15-5-4-13(20-15)9-23(2)3/h4-8,14,20H,9-11H2,1-3H3,(H,21,26). The van der Waals surface area contributed by atoms with Gasteiger partial charge in [-0.2, -0.15) is 5.10 Å². The molecule has 8 nitrogen and oxygen atoms in total. The van der Waals surface area contributed by atoms with Crippen LogP contribution < -0.4 is 10.2 Å². The number of hydrogen-bond acceptors (Lipinski definition) is 5. The minimum absolute atomic E-state index is 0.0639. The summed E-state index contributed by atoms with van der Waals surface area (Å²) in [6, 6.07) is 5.94. The van der Waals surface area contributed by atoms with Gasteiger partial charge >= 0.3 is 0 Å². The monoisotopic (exact) mass is 353 g/mol. The second-order valence-corrected chi connectivity index (χ2v) is 7.08. The minimum atomic E-state index is -0.0639. The van der Waals surface area contributed by atoms with Gasteiger partial charge in [0.05, 0.1) is 11.7 Å². The lowest BCUT2D eigenvalue weighted by molar-refractivity contribution is 0.0925. The van der Waals surface area contributed by atoms with E-state index in [1.165, 1.54) is 0 Å². The van der Waals surface area contributed by atoms with Crippen molar-refractivity contribution >= 4 is 17.2 Å². The van der Waals surface area contributed by atoms with E-state index in [4.69, 9.17) is 0 Å². The molecule has 0 spiro atoms. The summed E-state index contributed by atoms with van der Waals surface area (Å²) in [4.78, 5) is 24.3. The van der Waals surface area contributed by atoms with Crippen molar-refractivity contribution < 1.29 is 4.79 Å². The van der Waals surface area contributed by atoms with Gasteiger partial charge in [-0.1, -0.05) is 0 Å². The molecule has 0 atom stereocenters. The number of aromatic amines is 1. The Bertz CT molecular complexity index is 936. The summed E-state index contributed by atoms with van der Waals surface area (Å²) in [5.74, 6) is 0.845. The lowest BCUT2D eigenvalue weighted by atomic mass is 10.1. The molecular weight excluding hydrogens is 330 g/mol. The number of amides is 1. The molecule has 2 N–H and O–H groups in total. The van der Waals surface area contributed by atoms with Crippen molar-refractivity contribution in [2.45, 2.75) is 19.5 Å². The molecule has 0 unspecified atom stereocenters. The normalized spacial score (nSPS) is 14.8. The van der Waals surface area contributed by atoms with Crippen LogP contribution in [0.4, 0.5) is 5.82 Å². The van der Waals surface area contributed by atoms with Crippen LogP contribution in [0.1, 0.15) is 21.9 Å². The first kappa shape index (κ1) is 16.6. The maximum absolute atomic E-state index is 12.4. The molecule has 4 rings (SSSR count). The Kier molecular flexibility index (Phi) is 4.12. The van der Waals surface area contributed by atoms with Gasteiger partial charge in [0.25, 0.3) is 5.91 Å². The first-order valence-corrected chi connectivity index (χ1v) is 8.69. The number of anilines is 1. The zero-order valence-corrected chi connectivity index (χ0v) is 15.2. The highest BCUT2D eigenvalue weighted by atomic mass is 16.2. The number of H-pyrrole nitrogens is 1. The van der Waals surface area contributed by atoms with E-state index in [-0.39, 0.29) is 11.9 Å². The molecule has 136 valence electrons. The van der Waals surface area contributed by atoms with Crippen LogP contribution in [0.5, 0.6) is 0 Å². The van der Waals surface area contributed by atoms with Crippen LogP contribution in [0, 0.1) is 6.92 Å². The third-order valence-corrected chi connectivity index (χ3v) is 4.49. The van der Waals surface area contributed by atoms with E-state index in [2.05, 4.69) is 30.2 Å². The molecule has 8 heteroatoms. The van der Waals surface area contributed by atoms with Crippen molar-refractivity contribution in [1.29, 1.82) is 0 Å². The molecule has 3 aromatic rings. The predicted octanol–water partition coefficient (Wildman–Crippen LogP) is 1.05. The molecule has 0 aliphatic carbocycles. The van der Waals surface area contributed by atoms with Gasteiger partial charge in [0.2, 0.25) is 0 Å². The summed E-state index contributed by atoms with van der Waals surface area (Å²) in [5.41, 5.74) is 3.59. The number of carbonyl (C=O) groups is 1. The highest BCUT2D eigenvalue weighted by Gasteiger charge is 2.31. The highest BCUT2D eigenvalue weighted by Crippen LogP contribution is 2.24. The Labute approximate surface area is 151 Å². The van der Waals surface area contributed by atoms with Crippen LogP contribution >= 0.6 is 0 Å². The molecule has 1 fully saturated rings. The van der Waals surface area contributed by atoms with E-state index >= 15 is 0 Å². The number of aryl methyl sites for hydroxylation is 1. The molecule has 3 aromatic heterocycles. The summed E-state index contributed by atoms with van der Waals surface area (Å²) in [6.45, 7) is 4.24. The van der Waals surface area contributed by atoms with Gasteiger partial charge in [0, 0.05) is 37.7 Å². The molecule has 1 aliphatic rings. The topological polar surface area (TPSA) is 81.6 Å². The van der Waals surface area contributed by atoms with E-state index in [0.717, 1.165) is 42.4 Å². The Morgan fingerprint density at radius 2 is 2.19 bits per heavy atom. The summed E-state index contributed by atoms with van der Waals surface area (Å²) in [7, 11) is 4.00. The molecule has 0 bridgehead atoms. The zero-order valence-electron chi connectivity index (χ0n) is 15.2. The first-order valence-electron chi connectivity index (χ1n) is 8.69. The van der Waals surface area contributed by atoms with Crippen LogP contribution in [0.15, 0.2) is 30.6 Å². The number of nitrogens with one attached hydrogen (secondary N) is 2. The van der Waals surface area contributed by atoms with Crippen molar-refractivity contribution in [2.75, 3.05) is 32.1 Å². The average molecular weight is 353 g/mol. The van der Waals surface area contributed by atoms with Crippen molar-refractivity contribution in [3.8, 4) is 0 Å². The van der Waals surface area contributed by atoms with Crippen molar-refractivity contribution in [3.63, 3.8) is 0 Å². The Morgan fingerprint density at radius 1 is 1.38 bits per heavy atom. The Hall–Kier alpha value is -2.87. The van der Waals surface area contributed by atoms with Gasteiger partial charge in [-0.15, -0.1) is 0 Å². The van der Waals surface area contributed by atoms with Crippen LogP contribution in [0.2, 0.25) is 0 Å². The molecule has 4 heterocycles. The lowest BCUT2D eigenvalue weighted by Gasteiger charge is -2.40. The SMILES string of the molecule is Cc1cc2c(N3CC(NC(=O)c4ccc(CN(C)C)[nH]4)C3)nccn2n1. The third-order valence-electron chi connectivity index (χ3n) is 4.49. The fourth-order valence-electron chi connectivity index (χ4n) is 3.29. The van der Waals surface area contributed by atoms with Crippen LogP contribution in [-0.2, 0) is 6.54 Å². The number of aromatic nitrogens is 4. The second kappa shape index (κ2) is 6.45. The number of nitrogens with zero attached hydrogens (tertiary/aromatic N) is 5. The predicted molar refractivity (Wildman–Crippen MR) is 99.4 cm³/mol. The maximum atomic E-state index is 12.4. The van der Waals surface area contributed by atoms with E-state index in [9.17, 15) is 4.79 Å². The fourth-order valence-corrected chi connectivity index (χ4v) is 3.29. The minimum Gasteiger partial charge on any atom is -0.353 e. The lowest BCUT2D eigenvalue weighted by Crippen LogP contribution is -2.59. The molecule has 0 aromatic carbocycles. The Balaban J connectivity index is 1.37. The van der Waals surface area contributed by atoms with Gasteiger partial charge < -0.3 is 20.1 Å². The van der Waals surface area contributed by atoms with Crippen LogP contribution in [0.3, 0.4) is 0 Å². The zero-order chi connectivity index (χ0) is 18.3. The molecule has 0 radical (unpaired) electrons. The number of rotatable bonds is 5. The second-order valence-electron chi connectivity index (χ2n) is 7.08. The van der Waals surface area contributed by atoms with Gasteiger partial charge in [-0.3, -0.25) is 4.79 Å². The van der Waals surface area contributed by atoms with Gasteiger partial charge in [-0.25, -0.2) is 9.50 Å². The van der Waals surface area contributed by atoms with Gasteiger partial charge in [0.1, 0.15) is 11.2 Å². The molecular formula is C18H23N7O. The quantitative estimate of drug-likeness (QED) is 0.716. The average Bonchev–Trinajstić information content (AvgIpc) is 3.15. The Morgan fingerprint density at radius 3 is 2.96 bits per heavy atom. The smallest absolute Gasteiger partial charge is 0.268 e. The molecule has 0 saturated carbocycles. The van der Waals surface area contributed by atoms with Crippen LogP contribution in [0.25, 0.3) is 5.52 Å². The molecule has 1 amide bonds. The number of hydrogen-bond donors (Lipinski definition) is 2. The van der Waals surface area contributed by atoms with E-state index < -0.39 is 0 Å². The fraction of sp³-hybridized carbons (Fsp3) is 0.389. The first-order chi connectivity index (χ1) is 12.5. The van der Waals surface area contributed by atoms with Crippen LogP contribution in [-0.4, -0.2) is 63.6 Å².